The third-order valence-electron chi connectivity index (χ3n) is 4.18. The van der Waals surface area contributed by atoms with Crippen molar-refractivity contribution in [3.05, 3.63) is 46.5 Å². The Balaban J connectivity index is 1.96. The summed E-state index contributed by atoms with van der Waals surface area (Å²) >= 11 is 0. The van der Waals surface area contributed by atoms with Crippen LogP contribution in [0, 0.1) is 6.92 Å². The van der Waals surface area contributed by atoms with E-state index in [1.165, 1.54) is 11.8 Å². The largest absolute Gasteiger partial charge is 0.495 e. The zero-order valence-electron chi connectivity index (χ0n) is 16.1. The van der Waals surface area contributed by atoms with Crippen molar-refractivity contribution < 1.29 is 9.53 Å². The first-order valence-corrected chi connectivity index (χ1v) is 8.61. The Morgan fingerprint density at radius 3 is 2.63 bits per heavy atom. The first-order chi connectivity index (χ1) is 12.7. The lowest BCUT2D eigenvalue weighted by Crippen LogP contribution is -2.33. The lowest BCUT2D eigenvalue weighted by atomic mass is 10.1. The summed E-state index contributed by atoms with van der Waals surface area (Å²) in [5.41, 5.74) is 0.908. The molecule has 0 saturated heterocycles. The smallest absolute Gasteiger partial charge is 0.293 e. The van der Waals surface area contributed by atoms with Crippen molar-refractivity contribution in [1.82, 2.24) is 19.6 Å². The van der Waals surface area contributed by atoms with Gasteiger partial charge >= 0.3 is 0 Å². The number of benzene rings is 1. The molecule has 8 nitrogen and oxygen atoms in total. The summed E-state index contributed by atoms with van der Waals surface area (Å²) in [4.78, 5) is 25.4. The molecule has 0 saturated carbocycles. The molecule has 0 spiro atoms. The van der Waals surface area contributed by atoms with Crippen LogP contribution in [0.1, 0.15) is 26.5 Å². The topological polar surface area (TPSA) is 91.0 Å². The molecule has 0 aliphatic heterocycles. The third-order valence-corrected chi connectivity index (χ3v) is 4.18. The number of hydrogen-bond donors (Lipinski definition) is 1. The maximum Gasteiger partial charge on any atom is 0.293 e. The predicted octanol–water partition coefficient (Wildman–Crippen LogP) is 2.30. The fraction of sp³-hybridized carbons (Fsp3) is 0.368. The van der Waals surface area contributed by atoms with E-state index in [4.69, 9.17) is 4.74 Å². The van der Waals surface area contributed by atoms with Gasteiger partial charge in [-0.05, 0) is 39.8 Å². The van der Waals surface area contributed by atoms with E-state index in [2.05, 4.69) is 15.5 Å². The zero-order chi connectivity index (χ0) is 19.8. The third kappa shape index (κ3) is 3.55. The molecule has 0 atom stereocenters. The zero-order valence-corrected chi connectivity index (χ0v) is 16.1. The molecule has 1 amide bonds. The minimum Gasteiger partial charge on any atom is -0.495 e. The molecule has 0 bridgehead atoms. The SMILES string of the molecule is COc1ccccc1NC(=O)Cn1nc(C)c2cnn(C(C)(C)C)c2c1=O. The average Bonchev–Trinajstić information content (AvgIpc) is 3.06. The number of carbonyl (C=O) groups excluding carboxylic acids is 1. The Labute approximate surface area is 156 Å². The van der Waals surface area contributed by atoms with E-state index in [9.17, 15) is 9.59 Å². The fourth-order valence-corrected chi connectivity index (χ4v) is 2.91. The average molecular weight is 369 g/mol. The van der Waals surface area contributed by atoms with E-state index in [-0.39, 0.29) is 23.6 Å². The molecule has 2 heterocycles. The number of aryl methyl sites for hydroxylation is 1. The van der Waals surface area contributed by atoms with Crippen molar-refractivity contribution in [3.63, 3.8) is 0 Å². The lowest BCUT2D eigenvalue weighted by molar-refractivity contribution is -0.117. The molecule has 3 aromatic rings. The summed E-state index contributed by atoms with van der Waals surface area (Å²) in [7, 11) is 1.53. The molecule has 0 radical (unpaired) electrons. The number of nitrogens with zero attached hydrogens (tertiary/aromatic N) is 4. The minimum absolute atomic E-state index is 0.205. The van der Waals surface area contributed by atoms with Crippen LogP contribution in [-0.2, 0) is 16.9 Å². The van der Waals surface area contributed by atoms with Crippen molar-refractivity contribution in [2.75, 3.05) is 12.4 Å². The van der Waals surface area contributed by atoms with Crippen LogP contribution in [0.5, 0.6) is 5.75 Å². The number of nitrogens with one attached hydrogen (secondary N) is 1. The molecule has 0 unspecified atom stereocenters. The maximum atomic E-state index is 13.0. The Morgan fingerprint density at radius 2 is 1.96 bits per heavy atom. The second-order valence-electron chi connectivity index (χ2n) is 7.29. The van der Waals surface area contributed by atoms with Gasteiger partial charge in [0.05, 0.1) is 30.2 Å². The van der Waals surface area contributed by atoms with Crippen LogP contribution in [-0.4, -0.2) is 32.6 Å². The minimum atomic E-state index is -0.369. The number of anilines is 1. The molecule has 2 aromatic heterocycles. The van der Waals surface area contributed by atoms with Gasteiger partial charge in [-0.1, -0.05) is 12.1 Å². The van der Waals surface area contributed by atoms with Gasteiger partial charge < -0.3 is 10.1 Å². The van der Waals surface area contributed by atoms with E-state index in [0.29, 0.717) is 28.0 Å². The number of fused-ring (bicyclic) bond motifs is 1. The van der Waals surface area contributed by atoms with Gasteiger partial charge in [0.25, 0.3) is 5.56 Å². The second-order valence-corrected chi connectivity index (χ2v) is 7.29. The molecule has 8 heteroatoms. The van der Waals surface area contributed by atoms with Gasteiger partial charge in [-0.25, -0.2) is 4.68 Å². The predicted molar refractivity (Wildman–Crippen MR) is 103 cm³/mol. The van der Waals surface area contributed by atoms with Gasteiger partial charge in [0.15, 0.2) is 0 Å². The molecule has 142 valence electrons. The Morgan fingerprint density at radius 1 is 1.26 bits per heavy atom. The van der Waals surface area contributed by atoms with Crippen molar-refractivity contribution in [3.8, 4) is 5.75 Å². The Kier molecular flexibility index (Phi) is 4.73. The maximum absolute atomic E-state index is 13.0. The van der Waals surface area contributed by atoms with Crippen molar-refractivity contribution >= 4 is 22.5 Å². The summed E-state index contributed by atoms with van der Waals surface area (Å²) in [6.07, 6.45) is 1.64. The number of hydrogen-bond acceptors (Lipinski definition) is 5. The molecule has 3 rings (SSSR count). The summed E-state index contributed by atoms with van der Waals surface area (Å²) < 4.78 is 8.08. The highest BCUT2D eigenvalue weighted by molar-refractivity contribution is 5.92. The van der Waals surface area contributed by atoms with Crippen LogP contribution < -0.4 is 15.6 Å². The lowest BCUT2D eigenvalue weighted by Gasteiger charge is -2.20. The summed E-state index contributed by atoms with van der Waals surface area (Å²) in [6, 6.07) is 7.08. The number of carbonyl (C=O) groups is 1. The Hall–Kier alpha value is -3.16. The van der Waals surface area contributed by atoms with Crippen molar-refractivity contribution in [1.29, 1.82) is 0 Å². The van der Waals surface area contributed by atoms with Crippen LogP contribution >= 0.6 is 0 Å². The van der Waals surface area contributed by atoms with Gasteiger partial charge in [-0.2, -0.15) is 10.2 Å². The van der Waals surface area contributed by atoms with Gasteiger partial charge in [-0.3, -0.25) is 14.3 Å². The summed E-state index contributed by atoms with van der Waals surface area (Å²) in [5, 5.41) is 12.1. The highest BCUT2D eigenvalue weighted by atomic mass is 16.5. The fourth-order valence-electron chi connectivity index (χ4n) is 2.91. The number of rotatable bonds is 4. The molecule has 27 heavy (non-hydrogen) atoms. The highest BCUT2D eigenvalue weighted by Crippen LogP contribution is 2.23. The second kappa shape index (κ2) is 6.86. The summed E-state index contributed by atoms with van der Waals surface area (Å²) in [6.45, 7) is 7.49. The molecule has 0 aliphatic carbocycles. The van der Waals surface area contributed by atoms with Crippen molar-refractivity contribution in [2.24, 2.45) is 0 Å². The number of amides is 1. The standard InChI is InChI=1S/C19H23N5O3/c1-12-13-10-20-24(19(2,3)4)17(13)18(26)23(22-12)11-16(25)21-14-8-6-7-9-15(14)27-5/h6-10H,11H2,1-5H3,(H,21,25). The highest BCUT2D eigenvalue weighted by Gasteiger charge is 2.22. The van der Waals surface area contributed by atoms with E-state index in [0.717, 1.165) is 0 Å². The van der Waals surface area contributed by atoms with E-state index < -0.39 is 0 Å². The van der Waals surface area contributed by atoms with Gasteiger partial charge in [0.2, 0.25) is 5.91 Å². The molecule has 0 aliphatic rings. The van der Waals surface area contributed by atoms with Gasteiger partial charge in [-0.15, -0.1) is 0 Å². The summed E-state index contributed by atoms with van der Waals surface area (Å²) in [5.74, 6) is 0.179. The molecular formula is C19H23N5O3. The molecule has 0 fully saturated rings. The van der Waals surface area contributed by atoms with Crippen LogP contribution in [0.2, 0.25) is 0 Å². The van der Waals surface area contributed by atoms with Gasteiger partial charge in [0, 0.05) is 5.39 Å². The van der Waals surface area contributed by atoms with Crippen LogP contribution in [0.4, 0.5) is 5.69 Å². The number of aromatic nitrogens is 4. The monoisotopic (exact) mass is 369 g/mol. The quantitative estimate of drug-likeness (QED) is 0.762. The van der Waals surface area contributed by atoms with E-state index in [1.807, 2.05) is 26.8 Å². The molecular weight excluding hydrogens is 346 g/mol. The number of ether oxygens (including phenoxy) is 1. The number of para-hydroxylation sites is 2. The number of methoxy groups -OCH3 is 1. The van der Waals surface area contributed by atoms with Crippen molar-refractivity contribution in [2.45, 2.75) is 39.8 Å². The first kappa shape index (κ1) is 18.6. The van der Waals surface area contributed by atoms with Crippen LogP contribution in [0.25, 0.3) is 10.9 Å². The molecule has 1 aromatic carbocycles. The van der Waals surface area contributed by atoms with Gasteiger partial charge in [0.1, 0.15) is 17.8 Å². The normalized spacial score (nSPS) is 11.6. The van der Waals surface area contributed by atoms with Crippen LogP contribution in [0.15, 0.2) is 35.3 Å². The Bertz CT molecular complexity index is 1060. The van der Waals surface area contributed by atoms with Crippen LogP contribution in [0.3, 0.4) is 0 Å². The first-order valence-electron chi connectivity index (χ1n) is 8.61. The molecule has 1 N–H and O–H groups in total. The van der Waals surface area contributed by atoms with E-state index in [1.54, 1.807) is 36.0 Å². The van der Waals surface area contributed by atoms with E-state index >= 15 is 0 Å².